The van der Waals surface area contributed by atoms with Crippen LogP contribution in [0.15, 0.2) is 71.8 Å². The zero-order valence-electron chi connectivity index (χ0n) is 16.4. The van der Waals surface area contributed by atoms with Gasteiger partial charge in [0, 0.05) is 43.8 Å². The molecule has 0 saturated carbocycles. The third-order valence-electron chi connectivity index (χ3n) is 5.10. The van der Waals surface area contributed by atoms with E-state index in [0.717, 1.165) is 38.3 Å². The molecule has 3 nitrogen and oxygen atoms in total. The number of hydrazone groups is 1. The van der Waals surface area contributed by atoms with Gasteiger partial charge in [0.1, 0.15) is 0 Å². The van der Waals surface area contributed by atoms with Crippen molar-refractivity contribution in [2.24, 2.45) is 5.10 Å². The first kappa shape index (κ1) is 20.8. The van der Waals surface area contributed by atoms with Gasteiger partial charge >= 0.3 is 0 Å². The van der Waals surface area contributed by atoms with E-state index in [-0.39, 0.29) is 0 Å². The van der Waals surface area contributed by atoms with Gasteiger partial charge in [-0.3, -0.25) is 0 Å². The molecule has 0 atom stereocenters. The molecule has 0 aliphatic heterocycles. The van der Waals surface area contributed by atoms with Crippen LogP contribution in [0.3, 0.4) is 0 Å². The maximum atomic E-state index is 6.42. The largest absolute Gasteiger partial charge is 0.340 e. The Hall–Kier alpha value is -2.46. The van der Waals surface area contributed by atoms with E-state index in [1.165, 1.54) is 0 Å². The summed E-state index contributed by atoms with van der Waals surface area (Å²) in [7, 11) is 0. The van der Waals surface area contributed by atoms with E-state index in [1.54, 1.807) is 6.07 Å². The van der Waals surface area contributed by atoms with Crippen molar-refractivity contribution in [3.8, 4) is 0 Å². The van der Waals surface area contributed by atoms with Crippen LogP contribution in [-0.4, -0.2) is 10.8 Å². The Morgan fingerprint density at radius 3 is 2.43 bits per heavy atom. The molecule has 3 aromatic carbocycles. The second kappa shape index (κ2) is 9.13. The number of halogens is 3. The lowest BCUT2D eigenvalue weighted by atomic mass is 10.1. The zero-order valence-corrected chi connectivity index (χ0v) is 18.6. The van der Waals surface area contributed by atoms with Gasteiger partial charge in [0.15, 0.2) is 0 Å². The summed E-state index contributed by atoms with van der Waals surface area (Å²) in [5.41, 5.74) is 8.60. The number of nitrogens with zero attached hydrogens (tertiary/aromatic N) is 2. The van der Waals surface area contributed by atoms with Crippen LogP contribution in [0.5, 0.6) is 0 Å². The monoisotopic (exact) mass is 455 g/mol. The Balaban J connectivity index is 1.60. The quantitative estimate of drug-likeness (QED) is 0.244. The zero-order chi connectivity index (χ0) is 21.1. The standard InChI is InChI=1S/C24H20Cl3N3/c1-16-22(14-29-28-13-17-6-9-19(25)10-7-17)21-4-2-3-5-24(21)30(16)15-18-8-11-20(26)12-23(18)27/h2-12,14,28H,13,15H2,1H3/b29-14-. The molecule has 0 amide bonds. The summed E-state index contributed by atoms with van der Waals surface area (Å²) in [4.78, 5) is 0. The Morgan fingerprint density at radius 2 is 1.67 bits per heavy atom. The highest BCUT2D eigenvalue weighted by molar-refractivity contribution is 6.35. The van der Waals surface area contributed by atoms with Crippen molar-refractivity contribution in [2.45, 2.75) is 20.0 Å². The van der Waals surface area contributed by atoms with Crippen molar-refractivity contribution in [3.63, 3.8) is 0 Å². The third kappa shape index (κ3) is 4.49. The Bertz CT molecular complexity index is 1210. The summed E-state index contributed by atoms with van der Waals surface area (Å²) in [5, 5.41) is 7.64. The first-order valence-electron chi connectivity index (χ1n) is 9.55. The highest BCUT2D eigenvalue weighted by Crippen LogP contribution is 2.28. The number of fused-ring (bicyclic) bond motifs is 1. The molecular formula is C24H20Cl3N3. The molecule has 1 N–H and O–H groups in total. The number of aromatic nitrogens is 1. The second-order valence-electron chi connectivity index (χ2n) is 7.06. The molecule has 0 spiro atoms. The Morgan fingerprint density at radius 1 is 0.933 bits per heavy atom. The first-order valence-corrected chi connectivity index (χ1v) is 10.7. The molecule has 6 heteroatoms. The maximum Gasteiger partial charge on any atom is 0.0580 e. The van der Waals surface area contributed by atoms with Crippen LogP contribution in [0, 0.1) is 6.92 Å². The van der Waals surface area contributed by atoms with Crippen molar-refractivity contribution < 1.29 is 0 Å². The van der Waals surface area contributed by atoms with E-state index in [1.807, 2.05) is 54.7 Å². The van der Waals surface area contributed by atoms with Gasteiger partial charge in [-0.25, -0.2) is 0 Å². The fourth-order valence-electron chi connectivity index (χ4n) is 3.49. The van der Waals surface area contributed by atoms with Crippen LogP contribution >= 0.6 is 34.8 Å². The molecule has 4 aromatic rings. The highest BCUT2D eigenvalue weighted by Gasteiger charge is 2.14. The van der Waals surface area contributed by atoms with Gasteiger partial charge in [-0.1, -0.05) is 71.2 Å². The molecule has 0 unspecified atom stereocenters. The lowest BCUT2D eigenvalue weighted by Gasteiger charge is -2.10. The van der Waals surface area contributed by atoms with Gasteiger partial charge in [0.2, 0.25) is 0 Å². The van der Waals surface area contributed by atoms with Crippen molar-refractivity contribution in [3.05, 3.63) is 104 Å². The topological polar surface area (TPSA) is 29.3 Å². The number of para-hydroxylation sites is 1. The van der Waals surface area contributed by atoms with Crippen LogP contribution in [0.1, 0.15) is 22.4 Å². The predicted octanol–water partition coefficient (Wildman–Crippen LogP) is 7.08. The number of rotatable bonds is 6. The Labute approximate surface area is 190 Å². The van der Waals surface area contributed by atoms with E-state index < -0.39 is 0 Å². The van der Waals surface area contributed by atoms with Gasteiger partial charge in [-0.15, -0.1) is 0 Å². The minimum atomic E-state index is 0.631. The van der Waals surface area contributed by atoms with E-state index in [0.29, 0.717) is 23.1 Å². The number of benzene rings is 3. The van der Waals surface area contributed by atoms with Crippen molar-refractivity contribution >= 4 is 51.9 Å². The molecule has 1 heterocycles. The van der Waals surface area contributed by atoms with Crippen molar-refractivity contribution in [1.82, 2.24) is 9.99 Å². The Kier molecular flexibility index (Phi) is 6.33. The second-order valence-corrected chi connectivity index (χ2v) is 8.34. The molecule has 1 aromatic heterocycles. The summed E-state index contributed by atoms with van der Waals surface area (Å²) in [6.07, 6.45) is 1.88. The van der Waals surface area contributed by atoms with E-state index in [9.17, 15) is 0 Å². The minimum Gasteiger partial charge on any atom is -0.340 e. The minimum absolute atomic E-state index is 0.631. The molecule has 0 aliphatic carbocycles. The maximum absolute atomic E-state index is 6.42. The van der Waals surface area contributed by atoms with Crippen LogP contribution in [-0.2, 0) is 13.1 Å². The number of nitrogens with one attached hydrogen (secondary N) is 1. The van der Waals surface area contributed by atoms with E-state index >= 15 is 0 Å². The molecule has 152 valence electrons. The molecule has 0 radical (unpaired) electrons. The summed E-state index contributed by atoms with van der Waals surface area (Å²) in [6, 6.07) is 21.7. The molecular weight excluding hydrogens is 437 g/mol. The summed E-state index contributed by atoms with van der Waals surface area (Å²) >= 11 is 18.4. The summed E-state index contributed by atoms with van der Waals surface area (Å²) in [6.45, 7) is 3.39. The summed E-state index contributed by atoms with van der Waals surface area (Å²) < 4.78 is 2.25. The average molecular weight is 457 g/mol. The van der Waals surface area contributed by atoms with Crippen LogP contribution in [0.25, 0.3) is 10.9 Å². The fourth-order valence-corrected chi connectivity index (χ4v) is 4.09. The van der Waals surface area contributed by atoms with Crippen LogP contribution in [0.2, 0.25) is 15.1 Å². The highest BCUT2D eigenvalue weighted by atomic mass is 35.5. The van der Waals surface area contributed by atoms with Gasteiger partial charge < -0.3 is 9.99 Å². The van der Waals surface area contributed by atoms with Crippen molar-refractivity contribution in [2.75, 3.05) is 0 Å². The van der Waals surface area contributed by atoms with E-state index in [4.69, 9.17) is 34.8 Å². The van der Waals surface area contributed by atoms with Crippen molar-refractivity contribution in [1.29, 1.82) is 0 Å². The number of hydrogen-bond donors (Lipinski definition) is 1. The fraction of sp³-hybridized carbons (Fsp3) is 0.125. The molecule has 0 bridgehead atoms. The normalized spacial score (nSPS) is 11.5. The molecule has 4 rings (SSSR count). The smallest absolute Gasteiger partial charge is 0.0580 e. The van der Waals surface area contributed by atoms with Gasteiger partial charge in [0.05, 0.1) is 12.8 Å². The van der Waals surface area contributed by atoms with Crippen LogP contribution in [0.4, 0.5) is 0 Å². The predicted molar refractivity (Wildman–Crippen MR) is 128 cm³/mol. The van der Waals surface area contributed by atoms with E-state index in [2.05, 4.69) is 34.2 Å². The lowest BCUT2D eigenvalue weighted by Crippen LogP contribution is -2.06. The van der Waals surface area contributed by atoms with Gasteiger partial charge in [-0.05, 0) is 48.4 Å². The first-order chi connectivity index (χ1) is 14.5. The van der Waals surface area contributed by atoms with Gasteiger partial charge in [-0.2, -0.15) is 5.10 Å². The average Bonchev–Trinajstić information content (AvgIpc) is 3.00. The lowest BCUT2D eigenvalue weighted by molar-refractivity contribution is 0.747. The SMILES string of the molecule is Cc1c(/C=N\NCc2ccc(Cl)cc2)c2ccccc2n1Cc1ccc(Cl)cc1Cl. The molecule has 0 aliphatic rings. The number of hydrogen-bond acceptors (Lipinski definition) is 2. The molecule has 0 saturated heterocycles. The third-order valence-corrected chi connectivity index (χ3v) is 5.94. The molecule has 0 fully saturated rings. The van der Waals surface area contributed by atoms with Crippen LogP contribution < -0.4 is 5.43 Å². The molecule has 30 heavy (non-hydrogen) atoms. The summed E-state index contributed by atoms with van der Waals surface area (Å²) in [5.74, 6) is 0. The van der Waals surface area contributed by atoms with Gasteiger partial charge in [0.25, 0.3) is 0 Å².